The maximum Gasteiger partial charge on any atom is 0.374 e. The Balaban J connectivity index is 2.45. The number of methoxy groups -OCH3 is 1. The smallest absolute Gasteiger partial charge is 0.374 e. The predicted molar refractivity (Wildman–Crippen MR) is 60.2 cm³/mol. The molecule has 0 saturated heterocycles. The molecule has 0 radical (unpaired) electrons. The summed E-state index contributed by atoms with van der Waals surface area (Å²) in [4.78, 5) is 10.7. The van der Waals surface area contributed by atoms with Crippen LogP contribution in [-0.2, 0) is 0 Å². The first kappa shape index (κ1) is 11.7. The predicted octanol–water partition coefficient (Wildman–Crippen LogP) is 1.92. The van der Waals surface area contributed by atoms with Crippen molar-refractivity contribution in [2.45, 2.75) is 0 Å². The average Bonchev–Trinajstić information content (AvgIpc) is 2.87. The van der Waals surface area contributed by atoms with Gasteiger partial charge in [-0.1, -0.05) is 5.16 Å². The van der Waals surface area contributed by atoms with Crippen LogP contribution in [0.4, 0.5) is 0 Å². The second-order valence-electron chi connectivity index (χ2n) is 3.41. The first-order valence-corrected chi connectivity index (χ1v) is 4.94. The molecule has 0 fully saturated rings. The van der Waals surface area contributed by atoms with E-state index in [9.17, 15) is 4.79 Å². The van der Waals surface area contributed by atoms with Gasteiger partial charge in [0.2, 0.25) is 5.76 Å². The molecule has 0 bridgehead atoms. The lowest BCUT2D eigenvalue weighted by molar-refractivity contribution is 0.0652. The zero-order valence-corrected chi connectivity index (χ0v) is 9.38. The van der Waals surface area contributed by atoms with Crippen molar-refractivity contribution in [2.24, 2.45) is 0 Å². The van der Waals surface area contributed by atoms with Crippen LogP contribution in [-0.4, -0.2) is 23.3 Å². The van der Waals surface area contributed by atoms with Gasteiger partial charge in [0.1, 0.15) is 17.5 Å². The topological polar surface area (TPSA) is 96.3 Å². The van der Waals surface area contributed by atoms with E-state index >= 15 is 0 Å². The van der Waals surface area contributed by atoms with E-state index in [0.29, 0.717) is 22.6 Å². The molecule has 0 spiro atoms. The summed E-state index contributed by atoms with van der Waals surface area (Å²) < 4.78 is 9.66. The van der Waals surface area contributed by atoms with Gasteiger partial charge in [0.25, 0.3) is 0 Å². The highest BCUT2D eigenvalue weighted by atomic mass is 16.5. The van der Waals surface area contributed by atoms with Gasteiger partial charge in [-0.05, 0) is 18.2 Å². The van der Waals surface area contributed by atoms with Gasteiger partial charge < -0.3 is 14.4 Å². The average molecular weight is 244 g/mol. The molecule has 0 saturated carbocycles. The van der Waals surface area contributed by atoms with Crippen LogP contribution in [0.1, 0.15) is 16.1 Å². The lowest BCUT2D eigenvalue weighted by atomic mass is 10.1. The minimum atomic E-state index is -1.19. The Bertz CT molecular complexity index is 640. The summed E-state index contributed by atoms with van der Waals surface area (Å²) in [6, 6.07) is 8.13. The Labute approximate surface area is 102 Å². The summed E-state index contributed by atoms with van der Waals surface area (Å²) in [6.45, 7) is 0. The molecule has 0 unspecified atom stereocenters. The monoisotopic (exact) mass is 244 g/mol. The van der Waals surface area contributed by atoms with Gasteiger partial charge >= 0.3 is 5.97 Å². The summed E-state index contributed by atoms with van der Waals surface area (Å²) in [7, 11) is 1.47. The fraction of sp³-hybridized carbons (Fsp3) is 0.0833. The molecule has 1 aromatic carbocycles. The molecule has 2 aromatic rings. The van der Waals surface area contributed by atoms with E-state index in [0.717, 1.165) is 0 Å². The molecule has 0 aliphatic carbocycles. The van der Waals surface area contributed by atoms with Gasteiger partial charge in [-0.2, -0.15) is 5.26 Å². The Hall–Kier alpha value is -2.81. The van der Waals surface area contributed by atoms with E-state index in [4.69, 9.17) is 15.1 Å². The normalized spacial score (nSPS) is 9.78. The number of nitrogens with zero attached hydrogens (tertiary/aromatic N) is 2. The van der Waals surface area contributed by atoms with E-state index in [2.05, 4.69) is 9.68 Å². The van der Waals surface area contributed by atoms with Crippen molar-refractivity contribution in [1.82, 2.24) is 5.16 Å². The van der Waals surface area contributed by atoms with E-state index in [1.807, 2.05) is 6.07 Å². The SMILES string of the molecule is COc1ccc(-c2cc(C(=O)O)on2)cc1C#N. The Morgan fingerprint density at radius 2 is 2.28 bits per heavy atom. The minimum absolute atomic E-state index is 0.251. The third kappa shape index (κ3) is 2.01. The first-order chi connectivity index (χ1) is 8.65. The summed E-state index contributed by atoms with van der Waals surface area (Å²) >= 11 is 0. The van der Waals surface area contributed by atoms with Crippen molar-refractivity contribution < 1.29 is 19.2 Å². The zero-order valence-electron chi connectivity index (χ0n) is 9.38. The number of carboxylic acids is 1. The number of benzene rings is 1. The van der Waals surface area contributed by atoms with Crippen molar-refractivity contribution in [3.63, 3.8) is 0 Å². The molecular formula is C12H8N2O4. The van der Waals surface area contributed by atoms with Gasteiger partial charge in [0, 0.05) is 11.6 Å². The van der Waals surface area contributed by atoms with Crippen LogP contribution in [0.15, 0.2) is 28.8 Å². The lowest BCUT2D eigenvalue weighted by Crippen LogP contribution is -1.91. The fourth-order valence-electron chi connectivity index (χ4n) is 1.47. The molecule has 1 heterocycles. The molecule has 1 N–H and O–H groups in total. The minimum Gasteiger partial charge on any atom is -0.495 e. The zero-order chi connectivity index (χ0) is 13.1. The number of ether oxygens (including phenoxy) is 1. The van der Waals surface area contributed by atoms with Crippen LogP contribution >= 0.6 is 0 Å². The van der Waals surface area contributed by atoms with Crippen molar-refractivity contribution in [2.75, 3.05) is 7.11 Å². The summed E-state index contributed by atoms with van der Waals surface area (Å²) in [5, 5.41) is 21.3. The second kappa shape index (κ2) is 4.59. The third-order valence-electron chi connectivity index (χ3n) is 2.34. The highest BCUT2D eigenvalue weighted by molar-refractivity contribution is 5.85. The number of nitriles is 1. The number of aromatic nitrogens is 1. The van der Waals surface area contributed by atoms with E-state index < -0.39 is 5.97 Å². The van der Waals surface area contributed by atoms with E-state index in [1.165, 1.54) is 13.2 Å². The first-order valence-electron chi connectivity index (χ1n) is 4.94. The molecule has 0 atom stereocenters. The largest absolute Gasteiger partial charge is 0.495 e. The molecule has 0 aliphatic rings. The van der Waals surface area contributed by atoms with Gasteiger partial charge in [-0.3, -0.25) is 0 Å². The number of rotatable bonds is 3. The van der Waals surface area contributed by atoms with Crippen LogP contribution in [0.5, 0.6) is 5.75 Å². The maximum atomic E-state index is 10.7. The van der Waals surface area contributed by atoms with Crippen molar-refractivity contribution in [3.05, 3.63) is 35.6 Å². The Kier molecular flexibility index (Phi) is 2.98. The van der Waals surface area contributed by atoms with Gasteiger partial charge in [-0.15, -0.1) is 0 Å². The van der Waals surface area contributed by atoms with Crippen LogP contribution in [0.3, 0.4) is 0 Å². The molecule has 1 aromatic heterocycles. The highest BCUT2D eigenvalue weighted by Crippen LogP contribution is 2.25. The molecule has 0 amide bonds. The molecule has 6 heteroatoms. The van der Waals surface area contributed by atoms with Crippen LogP contribution in [0.2, 0.25) is 0 Å². The Morgan fingerprint density at radius 3 is 2.83 bits per heavy atom. The summed E-state index contributed by atoms with van der Waals surface area (Å²) in [6.07, 6.45) is 0. The second-order valence-corrected chi connectivity index (χ2v) is 3.41. The third-order valence-corrected chi connectivity index (χ3v) is 2.34. The number of aromatic carboxylic acids is 1. The number of hydrogen-bond acceptors (Lipinski definition) is 5. The standard InChI is InChI=1S/C12H8N2O4/c1-17-10-3-2-7(4-8(10)6-13)9-5-11(12(15)16)18-14-9/h2-5H,1H3,(H,15,16). The number of carbonyl (C=O) groups is 1. The molecule has 90 valence electrons. The quantitative estimate of drug-likeness (QED) is 0.885. The highest BCUT2D eigenvalue weighted by Gasteiger charge is 2.13. The van der Waals surface area contributed by atoms with Gasteiger partial charge in [-0.25, -0.2) is 4.79 Å². The van der Waals surface area contributed by atoms with Crippen LogP contribution < -0.4 is 4.74 Å². The number of hydrogen-bond donors (Lipinski definition) is 1. The van der Waals surface area contributed by atoms with Crippen LogP contribution in [0.25, 0.3) is 11.3 Å². The van der Waals surface area contributed by atoms with E-state index in [-0.39, 0.29) is 5.76 Å². The number of carboxylic acid groups (broad SMARTS) is 1. The van der Waals surface area contributed by atoms with Gasteiger partial charge in [0.05, 0.1) is 12.7 Å². The summed E-state index contributed by atoms with van der Waals surface area (Å²) in [5.74, 6) is -0.995. The molecule has 18 heavy (non-hydrogen) atoms. The van der Waals surface area contributed by atoms with Gasteiger partial charge in [0.15, 0.2) is 0 Å². The van der Waals surface area contributed by atoms with Crippen LogP contribution in [0, 0.1) is 11.3 Å². The van der Waals surface area contributed by atoms with Crippen molar-refractivity contribution >= 4 is 5.97 Å². The maximum absolute atomic E-state index is 10.7. The molecule has 2 rings (SSSR count). The van der Waals surface area contributed by atoms with E-state index in [1.54, 1.807) is 18.2 Å². The van der Waals surface area contributed by atoms with Crippen molar-refractivity contribution in [3.8, 4) is 23.1 Å². The molecule has 0 aliphatic heterocycles. The summed E-state index contributed by atoms with van der Waals surface area (Å²) in [5.41, 5.74) is 1.28. The molecular weight excluding hydrogens is 236 g/mol. The molecule has 6 nitrogen and oxygen atoms in total. The Morgan fingerprint density at radius 1 is 1.50 bits per heavy atom. The fourth-order valence-corrected chi connectivity index (χ4v) is 1.47. The lowest BCUT2D eigenvalue weighted by Gasteiger charge is -2.03. The van der Waals surface area contributed by atoms with Crippen molar-refractivity contribution in [1.29, 1.82) is 5.26 Å².